The lowest BCUT2D eigenvalue weighted by molar-refractivity contribution is 0.00578. The fourth-order valence-electron chi connectivity index (χ4n) is 3.00. The first-order valence-electron chi connectivity index (χ1n) is 8.68. The van der Waals surface area contributed by atoms with E-state index < -0.39 is 0 Å². The highest BCUT2D eigenvalue weighted by atomic mass is 16.7. The smallest absolute Gasteiger partial charge is 0.492 e. The molecule has 4 nitrogen and oxygen atoms in total. The molecule has 0 atom stereocenters. The average Bonchev–Trinajstić information content (AvgIpc) is 3.06. The lowest BCUT2D eigenvalue weighted by atomic mass is 9.79. The molecule has 0 spiro atoms. The maximum absolute atomic E-state index is 6.07. The number of benzene rings is 1. The first-order valence-corrected chi connectivity index (χ1v) is 8.68. The van der Waals surface area contributed by atoms with E-state index in [4.69, 9.17) is 14.0 Å². The number of rotatable bonds is 5. The van der Waals surface area contributed by atoms with E-state index in [2.05, 4.69) is 32.6 Å². The summed E-state index contributed by atoms with van der Waals surface area (Å²) in [4.78, 5) is 2.46. The zero-order valence-corrected chi connectivity index (χ0v) is 14.8. The van der Waals surface area contributed by atoms with Gasteiger partial charge in [-0.05, 0) is 71.2 Å². The third-order valence-corrected chi connectivity index (χ3v) is 5.28. The Morgan fingerprint density at radius 1 is 1.00 bits per heavy atom. The van der Waals surface area contributed by atoms with Crippen molar-refractivity contribution in [1.29, 1.82) is 0 Å². The summed E-state index contributed by atoms with van der Waals surface area (Å²) in [5.74, 6) is 0.907. The minimum atomic E-state index is -0.307. The van der Waals surface area contributed by atoms with Crippen LogP contribution in [0.3, 0.4) is 0 Å². The monoisotopic (exact) mass is 317 g/mol. The molecule has 2 aliphatic heterocycles. The van der Waals surface area contributed by atoms with Gasteiger partial charge in [-0.3, -0.25) is 4.90 Å². The van der Waals surface area contributed by atoms with Crippen molar-refractivity contribution in [3.63, 3.8) is 0 Å². The summed E-state index contributed by atoms with van der Waals surface area (Å²) in [6.07, 6.45) is 2.64. The lowest BCUT2D eigenvalue weighted by Crippen LogP contribution is -2.41. The van der Waals surface area contributed by atoms with Crippen LogP contribution in [0.4, 0.5) is 0 Å². The molecule has 2 fully saturated rings. The Morgan fingerprint density at radius 3 is 2.13 bits per heavy atom. The van der Waals surface area contributed by atoms with Gasteiger partial charge in [0.2, 0.25) is 0 Å². The van der Waals surface area contributed by atoms with Crippen LogP contribution in [0.5, 0.6) is 5.75 Å². The summed E-state index contributed by atoms with van der Waals surface area (Å²) in [6.45, 7) is 12.5. The van der Waals surface area contributed by atoms with Crippen LogP contribution in [0.2, 0.25) is 0 Å². The zero-order chi connectivity index (χ0) is 16.5. The third kappa shape index (κ3) is 3.73. The van der Waals surface area contributed by atoms with Gasteiger partial charge in [0.15, 0.2) is 0 Å². The molecule has 2 aliphatic rings. The Labute approximate surface area is 140 Å². The first-order chi connectivity index (χ1) is 10.9. The molecule has 5 heteroatoms. The Balaban J connectivity index is 1.53. The van der Waals surface area contributed by atoms with Crippen LogP contribution in [-0.4, -0.2) is 49.5 Å². The maximum Gasteiger partial charge on any atom is 0.494 e. The molecular weight excluding hydrogens is 289 g/mol. The molecule has 0 aromatic heterocycles. The predicted molar refractivity (Wildman–Crippen MR) is 93.3 cm³/mol. The van der Waals surface area contributed by atoms with Gasteiger partial charge in [0.25, 0.3) is 0 Å². The van der Waals surface area contributed by atoms with Crippen LogP contribution < -0.4 is 10.2 Å². The van der Waals surface area contributed by atoms with E-state index in [9.17, 15) is 0 Å². The summed E-state index contributed by atoms with van der Waals surface area (Å²) in [6, 6.07) is 8.08. The standard InChI is InChI=1S/C18H28BNO3/c1-17(2)18(3,4)23-19(22-17)15-7-9-16(10-8-15)21-14-13-20-11-5-6-12-20/h7-10H,5-6,11-14H2,1-4H3. The van der Waals surface area contributed by atoms with Gasteiger partial charge < -0.3 is 14.0 Å². The van der Waals surface area contributed by atoms with E-state index in [0.717, 1.165) is 24.4 Å². The van der Waals surface area contributed by atoms with Crippen molar-refractivity contribution >= 4 is 12.6 Å². The summed E-state index contributed by atoms with van der Waals surface area (Å²) < 4.78 is 18.0. The molecule has 2 saturated heterocycles. The van der Waals surface area contributed by atoms with E-state index in [1.165, 1.54) is 25.9 Å². The van der Waals surface area contributed by atoms with Crippen molar-refractivity contribution < 1.29 is 14.0 Å². The fourth-order valence-corrected chi connectivity index (χ4v) is 3.00. The summed E-state index contributed by atoms with van der Waals surface area (Å²) >= 11 is 0. The lowest BCUT2D eigenvalue weighted by Gasteiger charge is -2.32. The van der Waals surface area contributed by atoms with Gasteiger partial charge in [0.05, 0.1) is 11.2 Å². The Morgan fingerprint density at radius 2 is 1.57 bits per heavy atom. The number of hydrogen-bond donors (Lipinski definition) is 0. The molecule has 3 rings (SSSR count). The molecule has 0 bridgehead atoms. The molecular formula is C18H28BNO3. The van der Waals surface area contributed by atoms with Crippen LogP contribution >= 0.6 is 0 Å². The van der Waals surface area contributed by atoms with E-state index in [0.29, 0.717) is 0 Å². The maximum atomic E-state index is 6.07. The van der Waals surface area contributed by atoms with E-state index in [-0.39, 0.29) is 18.3 Å². The molecule has 0 unspecified atom stereocenters. The minimum absolute atomic E-state index is 0.303. The Hall–Kier alpha value is -1.04. The highest BCUT2D eigenvalue weighted by Crippen LogP contribution is 2.36. The molecule has 0 radical (unpaired) electrons. The average molecular weight is 317 g/mol. The largest absolute Gasteiger partial charge is 0.494 e. The minimum Gasteiger partial charge on any atom is -0.492 e. The third-order valence-electron chi connectivity index (χ3n) is 5.28. The van der Waals surface area contributed by atoms with E-state index >= 15 is 0 Å². The summed E-state index contributed by atoms with van der Waals surface area (Å²) in [5, 5.41) is 0. The van der Waals surface area contributed by atoms with Gasteiger partial charge in [-0.1, -0.05) is 12.1 Å². The van der Waals surface area contributed by atoms with Crippen LogP contribution in [0.25, 0.3) is 0 Å². The second kappa shape index (κ2) is 6.46. The van der Waals surface area contributed by atoms with Gasteiger partial charge >= 0.3 is 7.12 Å². The summed E-state index contributed by atoms with van der Waals surface area (Å²) in [7, 11) is -0.307. The van der Waals surface area contributed by atoms with Crippen LogP contribution in [-0.2, 0) is 9.31 Å². The molecule has 1 aromatic carbocycles. The van der Waals surface area contributed by atoms with Gasteiger partial charge in [-0.2, -0.15) is 0 Å². The predicted octanol–water partition coefficient (Wildman–Crippen LogP) is 2.46. The zero-order valence-electron chi connectivity index (χ0n) is 14.8. The van der Waals surface area contributed by atoms with Crippen molar-refractivity contribution in [3.05, 3.63) is 24.3 Å². The second-order valence-corrected chi connectivity index (χ2v) is 7.55. The quantitative estimate of drug-likeness (QED) is 0.781. The van der Waals surface area contributed by atoms with Gasteiger partial charge in [-0.25, -0.2) is 0 Å². The molecule has 23 heavy (non-hydrogen) atoms. The topological polar surface area (TPSA) is 30.9 Å². The summed E-state index contributed by atoms with van der Waals surface area (Å²) in [5.41, 5.74) is 0.432. The van der Waals surface area contributed by atoms with Gasteiger partial charge in [0, 0.05) is 6.54 Å². The number of ether oxygens (including phenoxy) is 1. The van der Waals surface area contributed by atoms with Crippen molar-refractivity contribution in [2.75, 3.05) is 26.2 Å². The molecule has 0 aliphatic carbocycles. The van der Waals surface area contributed by atoms with Crippen molar-refractivity contribution in [3.8, 4) is 5.75 Å². The number of likely N-dealkylation sites (tertiary alicyclic amines) is 1. The molecule has 126 valence electrons. The second-order valence-electron chi connectivity index (χ2n) is 7.55. The molecule has 2 heterocycles. The van der Waals surface area contributed by atoms with Gasteiger partial charge in [-0.15, -0.1) is 0 Å². The molecule has 1 aromatic rings. The van der Waals surface area contributed by atoms with Crippen LogP contribution in [0, 0.1) is 0 Å². The first kappa shape index (κ1) is 16.8. The number of nitrogens with zero attached hydrogens (tertiary/aromatic N) is 1. The van der Waals surface area contributed by atoms with Crippen molar-refractivity contribution in [2.24, 2.45) is 0 Å². The highest BCUT2D eigenvalue weighted by molar-refractivity contribution is 6.62. The van der Waals surface area contributed by atoms with Crippen molar-refractivity contribution in [1.82, 2.24) is 4.90 Å². The highest BCUT2D eigenvalue weighted by Gasteiger charge is 2.51. The SMILES string of the molecule is CC1(C)OB(c2ccc(OCCN3CCCC3)cc2)OC1(C)C. The van der Waals surface area contributed by atoms with Crippen LogP contribution in [0.15, 0.2) is 24.3 Å². The Kier molecular flexibility index (Phi) is 4.72. The van der Waals surface area contributed by atoms with Crippen LogP contribution in [0.1, 0.15) is 40.5 Å². The molecule has 0 N–H and O–H groups in total. The fraction of sp³-hybridized carbons (Fsp3) is 0.667. The molecule has 0 amide bonds. The van der Waals surface area contributed by atoms with E-state index in [1.54, 1.807) is 0 Å². The van der Waals surface area contributed by atoms with Crippen molar-refractivity contribution in [2.45, 2.75) is 51.7 Å². The normalized spacial score (nSPS) is 23.4. The number of hydrogen-bond acceptors (Lipinski definition) is 4. The van der Waals surface area contributed by atoms with E-state index in [1.807, 2.05) is 24.3 Å². The van der Waals surface area contributed by atoms with Gasteiger partial charge in [0.1, 0.15) is 12.4 Å². The Bertz CT molecular complexity index is 508. The molecule has 0 saturated carbocycles.